The van der Waals surface area contributed by atoms with Crippen LogP contribution in [0.3, 0.4) is 0 Å². The van der Waals surface area contributed by atoms with Crippen LogP contribution >= 0.6 is 0 Å². The van der Waals surface area contributed by atoms with Crippen molar-refractivity contribution in [2.75, 3.05) is 11.8 Å². The fourth-order valence-corrected chi connectivity index (χ4v) is 3.08. The Morgan fingerprint density at radius 1 is 1.29 bits per heavy atom. The van der Waals surface area contributed by atoms with Gasteiger partial charge < -0.3 is 5.32 Å². The first-order chi connectivity index (χ1) is 9.94. The second-order valence-electron chi connectivity index (χ2n) is 4.59. The van der Waals surface area contributed by atoms with Gasteiger partial charge in [-0.25, -0.2) is 12.8 Å². The molecule has 0 aliphatic rings. The summed E-state index contributed by atoms with van der Waals surface area (Å²) in [6.07, 6.45) is 2.95. The molecule has 0 radical (unpaired) electrons. The quantitative estimate of drug-likeness (QED) is 0.887. The number of benzene rings is 1. The van der Waals surface area contributed by atoms with Gasteiger partial charge in [0.1, 0.15) is 10.7 Å². The summed E-state index contributed by atoms with van der Waals surface area (Å²) in [5.74, 6) is -0.788. The zero-order valence-electron chi connectivity index (χ0n) is 11.7. The predicted octanol–water partition coefficient (Wildman–Crippen LogP) is 2.05. The molecule has 5 nitrogen and oxygen atoms in total. The van der Waals surface area contributed by atoms with E-state index in [4.69, 9.17) is 0 Å². The molecule has 0 atom stereocenters. The highest BCUT2D eigenvalue weighted by atomic mass is 32.2. The lowest BCUT2D eigenvalue weighted by Gasteiger charge is -2.11. The number of pyridine rings is 1. The molecule has 2 N–H and O–H groups in total. The van der Waals surface area contributed by atoms with E-state index in [0.29, 0.717) is 23.4 Å². The van der Waals surface area contributed by atoms with Crippen LogP contribution in [0.25, 0.3) is 0 Å². The van der Waals surface area contributed by atoms with Gasteiger partial charge in [0, 0.05) is 12.7 Å². The molecule has 7 heteroatoms. The maximum Gasteiger partial charge on any atom is 0.264 e. The number of nitrogens with zero attached hydrogens (tertiary/aromatic N) is 1. The van der Waals surface area contributed by atoms with Gasteiger partial charge in [0.05, 0.1) is 11.9 Å². The van der Waals surface area contributed by atoms with Crippen molar-refractivity contribution < 1.29 is 12.8 Å². The number of hydrogen-bond acceptors (Lipinski definition) is 4. The molecule has 0 aliphatic heterocycles. The minimum Gasteiger partial charge on any atom is -0.316 e. The summed E-state index contributed by atoms with van der Waals surface area (Å²) in [5, 5.41) is 2.89. The monoisotopic (exact) mass is 309 g/mol. The van der Waals surface area contributed by atoms with Crippen LogP contribution in [-0.4, -0.2) is 20.4 Å². The van der Waals surface area contributed by atoms with Crippen molar-refractivity contribution in [2.45, 2.75) is 18.4 Å². The SMILES string of the molecule is CNCc1ccc(F)c(S(=O)(=O)Nc2cnccc2C)c1. The maximum atomic E-state index is 13.9. The average Bonchev–Trinajstić information content (AvgIpc) is 2.43. The second kappa shape index (κ2) is 6.19. The Bertz CT molecular complexity index is 748. The molecule has 0 saturated carbocycles. The molecule has 1 aromatic heterocycles. The normalized spacial score (nSPS) is 11.4. The number of anilines is 1. The lowest BCUT2D eigenvalue weighted by Crippen LogP contribution is -2.16. The Morgan fingerprint density at radius 3 is 2.71 bits per heavy atom. The van der Waals surface area contributed by atoms with E-state index in [1.54, 1.807) is 32.3 Å². The van der Waals surface area contributed by atoms with Crippen LogP contribution in [-0.2, 0) is 16.6 Å². The first-order valence-corrected chi connectivity index (χ1v) is 7.79. The van der Waals surface area contributed by atoms with Gasteiger partial charge >= 0.3 is 0 Å². The molecular formula is C14H16FN3O2S. The number of sulfonamides is 1. The van der Waals surface area contributed by atoms with Crippen LogP contribution in [0.15, 0.2) is 41.6 Å². The first kappa shape index (κ1) is 15.4. The van der Waals surface area contributed by atoms with E-state index < -0.39 is 15.8 Å². The fourth-order valence-electron chi connectivity index (χ4n) is 1.84. The molecule has 0 spiro atoms. The van der Waals surface area contributed by atoms with Crippen molar-refractivity contribution in [3.05, 3.63) is 53.6 Å². The molecule has 1 aromatic carbocycles. The highest BCUT2D eigenvalue weighted by molar-refractivity contribution is 7.92. The third kappa shape index (κ3) is 3.56. The van der Waals surface area contributed by atoms with E-state index in [9.17, 15) is 12.8 Å². The Morgan fingerprint density at radius 2 is 2.05 bits per heavy atom. The molecule has 2 aromatic rings. The van der Waals surface area contributed by atoms with Crippen LogP contribution in [0.4, 0.5) is 10.1 Å². The smallest absolute Gasteiger partial charge is 0.264 e. The highest BCUT2D eigenvalue weighted by Gasteiger charge is 2.20. The molecule has 2 rings (SSSR count). The standard InChI is InChI=1S/C14H16FN3O2S/c1-10-5-6-17-9-13(10)18-21(19,20)14-7-11(8-16-2)3-4-12(14)15/h3-7,9,16,18H,8H2,1-2H3. The molecule has 0 saturated heterocycles. The van der Waals surface area contributed by atoms with E-state index >= 15 is 0 Å². The average molecular weight is 309 g/mol. The highest BCUT2D eigenvalue weighted by Crippen LogP contribution is 2.21. The van der Waals surface area contributed by atoms with Crippen molar-refractivity contribution in [3.8, 4) is 0 Å². The summed E-state index contributed by atoms with van der Waals surface area (Å²) < 4.78 is 40.9. The first-order valence-electron chi connectivity index (χ1n) is 6.30. The van der Waals surface area contributed by atoms with E-state index in [2.05, 4.69) is 15.0 Å². The van der Waals surface area contributed by atoms with Crippen molar-refractivity contribution >= 4 is 15.7 Å². The second-order valence-corrected chi connectivity index (χ2v) is 6.24. The van der Waals surface area contributed by atoms with Crippen molar-refractivity contribution in [1.29, 1.82) is 0 Å². The summed E-state index contributed by atoms with van der Waals surface area (Å²) in [6, 6.07) is 5.68. The molecule has 0 bridgehead atoms. The zero-order valence-corrected chi connectivity index (χ0v) is 12.5. The molecule has 0 fully saturated rings. The largest absolute Gasteiger partial charge is 0.316 e. The lowest BCUT2D eigenvalue weighted by molar-refractivity contribution is 0.569. The van der Waals surface area contributed by atoms with Gasteiger partial charge in [0.25, 0.3) is 10.0 Å². The summed E-state index contributed by atoms with van der Waals surface area (Å²) >= 11 is 0. The third-order valence-corrected chi connectivity index (χ3v) is 4.33. The molecule has 0 aliphatic carbocycles. The van der Waals surface area contributed by atoms with Gasteiger partial charge in [-0.05, 0) is 43.3 Å². The van der Waals surface area contributed by atoms with E-state index in [1.165, 1.54) is 12.3 Å². The number of hydrogen-bond donors (Lipinski definition) is 2. The van der Waals surface area contributed by atoms with E-state index in [-0.39, 0.29) is 4.90 Å². The number of halogens is 1. The maximum absolute atomic E-state index is 13.9. The Hall–Kier alpha value is -1.99. The summed E-state index contributed by atoms with van der Waals surface area (Å²) in [5.41, 5.74) is 1.72. The number of nitrogens with one attached hydrogen (secondary N) is 2. The predicted molar refractivity (Wildman–Crippen MR) is 78.9 cm³/mol. The lowest BCUT2D eigenvalue weighted by atomic mass is 10.2. The van der Waals surface area contributed by atoms with Crippen LogP contribution in [0.2, 0.25) is 0 Å². The van der Waals surface area contributed by atoms with Crippen molar-refractivity contribution in [1.82, 2.24) is 10.3 Å². The molecule has 1 heterocycles. The Kier molecular flexibility index (Phi) is 4.54. The number of rotatable bonds is 5. The molecule has 21 heavy (non-hydrogen) atoms. The number of aromatic nitrogens is 1. The molecule has 112 valence electrons. The van der Waals surface area contributed by atoms with Gasteiger partial charge in [-0.1, -0.05) is 6.07 Å². The van der Waals surface area contributed by atoms with Crippen LogP contribution in [0.1, 0.15) is 11.1 Å². The molecular weight excluding hydrogens is 293 g/mol. The summed E-state index contributed by atoms with van der Waals surface area (Å²) in [7, 11) is -2.27. The fraction of sp³-hybridized carbons (Fsp3) is 0.214. The van der Waals surface area contributed by atoms with E-state index in [1.807, 2.05) is 0 Å². The van der Waals surface area contributed by atoms with Crippen LogP contribution < -0.4 is 10.0 Å². The topological polar surface area (TPSA) is 71.1 Å². The van der Waals surface area contributed by atoms with Gasteiger partial charge in [-0.2, -0.15) is 0 Å². The number of aryl methyl sites for hydroxylation is 1. The van der Waals surface area contributed by atoms with Crippen molar-refractivity contribution in [2.24, 2.45) is 0 Å². The zero-order chi connectivity index (χ0) is 15.5. The minimum absolute atomic E-state index is 0.330. The summed E-state index contributed by atoms with van der Waals surface area (Å²) in [4.78, 5) is 3.49. The van der Waals surface area contributed by atoms with E-state index in [0.717, 1.165) is 6.07 Å². The Balaban J connectivity index is 2.40. The minimum atomic E-state index is -4.00. The molecule has 0 unspecified atom stereocenters. The van der Waals surface area contributed by atoms with Gasteiger partial charge in [0.15, 0.2) is 0 Å². The van der Waals surface area contributed by atoms with Gasteiger partial charge in [-0.3, -0.25) is 9.71 Å². The van der Waals surface area contributed by atoms with Crippen LogP contribution in [0.5, 0.6) is 0 Å². The van der Waals surface area contributed by atoms with Crippen LogP contribution in [0, 0.1) is 12.7 Å². The third-order valence-electron chi connectivity index (χ3n) is 2.95. The van der Waals surface area contributed by atoms with Gasteiger partial charge in [-0.15, -0.1) is 0 Å². The van der Waals surface area contributed by atoms with Crippen molar-refractivity contribution in [3.63, 3.8) is 0 Å². The molecule has 0 amide bonds. The summed E-state index contributed by atoms with van der Waals surface area (Å²) in [6.45, 7) is 2.20. The Labute approximate surface area is 123 Å². The van der Waals surface area contributed by atoms with Gasteiger partial charge in [0.2, 0.25) is 0 Å².